The van der Waals surface area contributed by atoms with Crippen LogP contribution in [0.25, 0.3) is 126 Å². The van der Waals surface area contributed by atoms with Gasteiger partial charge in [-0.15, -0.1) is 0 Å². The third-order valence-electron chi connectivity index (χ3n) is 14.0. The molecule has 67 heavy (non-hydrogen) atoms. The number of aryl methyl sites for hydroxylation is 1. The molecule has 0 aliphatic heterocycles. The van der Waals surface area contributed by atoms with Crippen molar-refractivity contribution in [2.45, 2.75) is 6.92 Å². The first-order valence-corrected chi connectivity index (χ1v) is 22.5. The first-order valence-electron chi connectivity index (χ1n) is 22.5. The molecule has 0 atom stereocenters. The molecule has 14 aromatic rings. The summed E-state index contributed by atoms with van der Waals surface area (Å²) in [4.78, 5) is 0. The minimum Gasteiger partial charge on any atom is -0.455 e. The smallest absolute Gasteiger partial charge is 0.145 e. The highest BCUT2D eigenvalue weighted by Crippen LogP contribution is 2.50. The van der Waals surface area contributed by atoms with Gasteiger partial charge in [0.1, 0.15) is 34.4 Å². The van der Waals surface area contributed by atoms with Crippen LogP contribution < -0.4 is 0 Å². The minimum absolute atomic E-state index is 0.375. The van der Waals surface area contributed by atoms with Crippen molar-refractivity contribution in [2.24, 2.45) is 0 Å². The number of nitriles is 2. The van der Waals surface area contributed by atoms with E-state index >= 15 is 0 Å². The molecular formula is C61H35N5O. The van der Waals surface area contributed by atoms with Gasteiger partial charge in [-0.25, -0.2) is 0 Å². The predicted octanol–water partition coefficient (Wildman–Crippen LogP) is 15.7. The van der Waals surface area contributed by atoms with Crippen molar-refractivity contribution in [3.63, 3.8) is 0 Å². The molecule has 0 N–H and O–H groups in total. The SMILES string of the molecule is Cc1ccc(-c2c(-n3c4ccccc4c4ccccc43)c(C#N)c(-n3c4cc5ccccc5cc4c4c5oc6ccccc6c5ccc43)c(C#N)c2-n2c3ccccc3c3ccccc32)cc1. The standard InChI is InChI=1S/C61H35N5O/c1-36-26-28-37(29-27-36)56-59(64-49-21-9-4-16-40(49)41-17-5-10-22-50(41)64)47(34-62)58(48(35-63)60(56)65-51-23-11-6-18-42(51)43-19-7-12-24-52(43)65)66-53-31-30-45-44-20-8-13-25-55(44)67-61(45)57(53)46-32-38-14-2-3-15-39(38)33-54(46)66/h2-33H,1H3. The van der Waals surface area contributed by atoms with Crippen molar-refractivity contribution in [1.82, 2.24) is 13.7 Å². The molecule has 0 radical (unpaired) electrons. The lowest BCUT2D eigenvalue weighted by Gasteiger charge is -2.26. The van der Waals surface area contributed by atoms with E-state index in [1.165, 1.54) is 0 Å². The third-order valence-corrected chi connectivity index (χ3v) is 14.0. The quantitative estimate of drug-likeness (QED) is 0.177. The number of aromatic nitrogens is 3. The van der Waals surface area contributed by atoms with Gasteiger partial charge in [0.15, 0.2) is 0 Å². The first kappa shape index (κ1) is 37.1. The van der Waals surface area contributed by atoms with Gasteiger partial charge in [0.05, 0.1) is 55.5 Å². The Morgan fingerprint density at radius 2 is 0.851 bits per heavy atom. The maximum Gasteiger partial charge on any atom is 0.145 e. The van der Waals surface area contributed by atoms with E-state index in [1.54, 1.807) is 0 Å². The minimum atomic E-state index is 0.375. The lowest BCUT2D eigenvalue weighted by Crippen LogP contribution is -2.14. The monoisotopic (exact) mass is 853 g/mol. The zero-order chi connectivity index (χ0) is 44.5. The van der Waals surface area contributed by atoms with Gasteiger partial charge in [0.25, 0.3) is 0 Å². The van der Waals surface area contributed by atoms with E-state index in [0.29, 0.717) is 28.2 Å². The molecule has 0 unspecified atom stereocenters. The molecule has 10 aromatic carbocycles. The van der Waals surface area contributed by atoms with Gasteiger partial charge in [-0.1, -0.05) is 145 Å². The molecular weight excluding hydrogens is 819 g/mol. The molecule has 0 aliphatic carbocycles. The maximum absolute atomic E-state index is 12.2. The zero-order valence-corrected chi connectivity index (χ0v) is 36.1. The number of fused-ring (bicyclic) bond motifs is 14. The van der Waals surface area contributed by atoms with Crippen LogP contribution in [0.15, 0.2) is 199 Å². The summed E-state index contributed by atoms with van der Waals surface area (Å²) in [5.41, 5.74) is 12.5. The highest BCUT2D eigenvalue weighted by atomic mass is 16.3. The fourth-order valence-electron chi connectivity index (χ4n) is 11.1. The second-order valence-corrected chi connectivity index (χ2v) is 17.5. The van der Waals surface area contributed by atoms with Gasteiger partial charge in [0.2, 0.25) is 0 Å². The van der Waals surface area contributed by atoms with E-state index in [9.17, 15) is 10.5 Å². The summed E-state index contributed by atoms with van der Waals surface area (Å²) in [6, 6.07) is 73.0. The van der Waals surface area contributed by atoms with Crippen LogP contribution in [0.2, 0.25) is 0 Å². The number of rotatable bonds is 4. The Labute approximate surface area is 383 Å². The molecule has 0 bridgehead atoms. The average Bonchev–Trinajstić information content (AvgIpc) is 4.11. The Hall–Kier alpha value is -9.36. The number of nitrogens with zero attached hydrogens (tertiary/aromatic N) is 5. The summed E-state index contributed by atoms with van der Waals surface area (Å²) in [7, 11) is 0. The van der Waals surface area contributed by atoms with Crippen LogP contribution in [0.4, 0.5) is 0 Å². The first-order chi connectivity index (χ1) is 33.1. The lowest BCUT2D eigenvalue weighted by molar-refractivity contribution is 0.673. The molecule has 0 fully saturated rings. The van der Waals surface area contributed by atoms with Crippen molar-refractivity contribution < 1.29 is 4.42 Å². The maximum atomic E-state index is 12.2. The van der Waals surface area contributed by atoms with E-state index in [4.69, 9.17) is 4.42 Å². The van der Waals surface area contributed by atoms with Crippen LogP contribution in [-0.4, -0.2) is 13.7 Å². The molecule has 0 saturated heterocycles. The van der Waals surface area contributed by atoms with Crippen LogP contribution in [-0.2, 0) is 0 Å². The van der Waals surface area contributed by atoms with Crippen LogP contribution in [0.3, 0.4) is 0 Å². The molecule has 6 heteroatoms. The van der Waals surface area contributed by atoms with Crippen molar-refractivity contribution >= 4 is 98.1 Å². The summed E-state index contributed by atoms with van der Waals surface area (Å²) in [5, 5.41) is 34.7. The van der Waals surface area contributed by atoms with Gasteiger partial charge in [-0.2, -0.15) is 10.5 Å². The van der Waals surface area contributed by atoms with Crippen molar-refractivity contribution in [3.05, 3.63) is 211 Å². The van der Waals surface area contributed by atoms with E-state index in [-0.39, 0.29) is 0 Å². The van der Waals surface area contributed by atoms with Crippen molar-refractivity contribution in [1.29, 1.82) is 10.5 Å². The Balaban J connectivity index is 1.29. The summed E-state index contributed by atoms with van der Waals surface area (Å²) < 4.78 is 13.5. The second-order valence-electron chi connectivity index (χ2n) is 17.5. The van der Waals surface area contributed by atoms with Gasteiger partial charge in [-0.3, -0.25) is 0 Å². The van der Waals surface area contributed by atoms with Crippen molar-refractivity contribution in [3.8, 4) is 40.3 Å². The Bertz CT molecular complexity index is 4280. The Morgan fingerprint density at radius 3 is 1.39 bits per heavy atom. The van der Waals surface area contributed by atoms with Crippen LogP contribution in [0, 0.1) is 29.6 Å². The highest BCUT2D eigenvalue weighted by molar-refractivity contribution is 6.26. The summed E-state index contributed by atoms with van der Waals surface area (Å²) in [6.07, 6.45) is 0. The average molecular weight is 854 g/mol. The Morgan fingerprint density at radius 1 is 0.388 bits per heavy atom. The van der Waals surface area contributed by atoms with Crippen LogP contribution in [0.1, 0.15) is 16.7 Å². The van der Waals surface area contributed by atoms with Gasteiger partial charge >= 0.3 is 0 Å². The molecule has 0 spiro atoms. The Kier molecular flexibility index (Phi) is 7.64. The van der Waals surface area contributed by atoms with Gasteiger partial charge in [0, 0.05) is 43.3 Å². The van der Waals surface area contributed by atoms with Gasteiger partial charge in [-0.05, 0) is 77.9 Å². The largest absolute Gasteiger partial charge is 0.455 e. The third kappa shape index (κ3) is 5.01. The number of furan rings is 1. The number of para-hydroxylation sites is 5. The fourth-order valence-corrected chi connectivity index (χ4v) is 11.1. The van der Waals surface area contributed by atoms with E-state index < -0.39 is 0 Å². The van der Waals surface area contributed by atoms with E-state index in [1.807, 2.05) is 18.2 Å². The molecule has 310 valence electrons. The summed E-state index contributed by atoms with van der Waals surface area (Å²) >= 11 is 0. The number of benzene rings is 10. The molecule has 14 rings (SSSR count). The molecule has 0 amide bonds. The molecule has 0 saturated carbocycles. The summed E-state index contributed by atoms with van der Waals surface area (Å²) in [5.74, 6) is 0. The number of hydrogen-bond acceptors (Lipinski definition) is 3. The topological polar surface area (TPSA) is 75.5 Å². The lowest BCUT2D eigenvalue weighted by atomic mass is 9.91. The zero-order valence-electron chi connectivity index (χ0n) is 36.1. The second kappa shape index (κ2) is 13.8. The fraction of sp³-hybridized carbons (Fsp3) is 0.0164. The predicted molar refractivity (Wildman–Crippen MR) is 274 cm³/mol. The van der Waals surface area contributed by atoms with Crippen LogP contribution >= 0.6 is 0 Å². The molecule has 0 aliphatic rings. The molecule has 4 aromatic heterocycles. The molecule has 6 nitrogen and oxygen atoms in total. The normalized spacial score (nSPS) is 11.9. The molecule has 4 heterocycles. The highest BCUT2D eigenvalue weighted by Gasteiger charge is 2.33. The van der Waals surface area contributed by atoms with E-state index in [0.717, 1.165) is 115 Å². The van der Waals surface area contributed by atoms with E-state index in [2.05, 4.69) is 209 Å². The summed E-state index contributed by atoms with van der Waals surface area (Å²) in [6.45, 7) is 2.08. The van der Waals surface area contributed by atoms with Crippen molar-refractivity contribution in [2.75, 3.05) is 0 Å². The van der Waals surface area contributed by atoms with Gasteiger partial charge < -0.3 is 18.1 Å². The number of hydrogen-bond donors (Lipinski definition) is 0. The van der Waals surface area contributed by atoms with Crippen LogP contribution in [0.5, 0.6) is 0 Å².